The molecule has 1 amide bonds. The van der Waals surface area contributed by atoms with Gasteiger partial charge < -0.3 is 4.90 Å². The second-order valence-corrected chi connectivity index (χ2v) is 4.76. The Hall–Kier alpha value is -0.240. The van der Waals surface area contributed by atoms with Gasteiger partial charge in [0.05, 0.1) is 0 Å². The molecule has 14 heavy (non-hydrogen) atoms. The number of alkyl halides is 1. The zero-order valence-corrected chi connectivity index (χ0v) is 10.5. The van der Waals surface area contributed by atoms with Gasteiger partial charge in [-0.1, -0.05) is 20.3 Å². The van der Waals surface area contributed by atoms with Crippen molar-refractivity contribution in [3.8, 4) is 0 Å². The molecule has 0 aliphatic heterocycles. The van der Waals surface area contributed by atoms with E-state index in [1.165, 1.54) is 0 Å². The number of carbonyl (C=O) groups excluding carboxylic acids is 1. The predicted octanol–water partition coefficient (Wildman–Crippen LogP) is 2.90. The molecular weight excluding hydrogens is 198 g/mol. The van der Waals surface area contributed by atoms with Crippen LogP contribution in [0, 0.1) is 5.92 Å². The summed E-state index contributed by atoms with van der Waals surface area (Å²) in [6.45, 7) is 6.81. The summed E-state index contributed by atoms with van der Waals surface area (Å²) in [4.78, 5) is 13.5. The lowest BCUT2D eigenvalue weighted by Crippen LogP contribution is -2.33. The molecule has 0 aliphatic carbocycles. The fourth-order valence-electron chi connectivity index (χ4n) is 1.41. The van der Waals surface area contributed by atoms with E-state index in [1.807, 2.05) is 20.9 Å². The largest absolute Gasteiger partial charge is 0.345 e. The Bertz CT molecular complexity index is 171. The van der Waals surface area contributed by atoms with Crippen molar-refractivity contribution in [2.75, 3.05) is 13.6 Å². The van der Waals surface area contributed by atoms with Crippen molar-refractivity contribution < 1.29 is 4.79 Å². The van der Waals surface area contributed by atoms with Gasteiger partial charge in [-0.25, -0.2) is 0 Å². The SMILES string of the molecule is CCCC(C)C(=O)N(C)CCC(C)Cl. The zero-order valence-electron chi connectivity index (χ0n) is 9.72. The van der Waals surface area contributed by atoms with Gasteiger partial charge in [0.1, 0.15) is 0 Å². The maximum absolute atomic E-state index is 11.7. The van der Waals surface area contributed by atoms with E-state index in [1.54, 1.807) is 4.90 Å². The molecule has 84 valence electrons. The molecule has 0 saturated heterocycles. The summed E-state index contributed by atoms with van der Waals surface area (Å²) in [5.74, 6) is 0.389. The van der Waals surface area contributed by atoms with E-state index in [-0.39, 0.29) is 17.2 Å². The molecule has 0 heterocycles. The summed E-state index contributed by atoms with van der Waals surface area (Å²) < 4.78 is 0. The van der Waals surface area contributed by atoms with Crippen LogP contribution in [0.1, 0.15) is 40.0 Å². The fourth-order valence-corrected chi connectivity index (χ4v) is 1.51. The monoisotopic (exact) mass is 219 g/mol. The molecule has 2 unspecified atom stereocenters. The molecule has 0 spiro atoms. The van der Waals surface area contributed by atoms with Crippen LogP contribution in [0.3, 0.4) is 0 Å². The van der Waals surface area contributed by atoms with E-state index >= 15 is 0 Å². The Morgan fingerprint density at radius 3 is 2.36 bits per heavy atom. The minimum atomic E-state index is 0.145. The summed E-state index contributed by atoms with van der Waals surface area (Å²) in [7, 11) is 1.85. The number of rotatable bonds is 6. The van der Waals surface area contributed by atoms with Crippen LogP contribution in [0.15, 0.2) is 0 Å². The van der Waals surface area contributed by atoms with Crippen LogP contribution in [0.25, 0.3) is 0 Å². The molecule has 0 rings (SSSR count). The lowest BCUT2D eigenvalue weighted by Gasteiger charge is -2.21. The third kappa shape index (κ3) is 5.48. The molecule has 0 N–H and O–H groups in total. The van der Waals surface area contributed by atoms with Crippen molar-refractivity contribution in [2.24, 2.45) is 5.92 Å². The molecule has 0 aliphatic rings. The maximum Gasteiger partial charge on any atom is 0.225 e. The van der Waals surface area contributed by atoms with E-state index in [9.17, 15) is 4.79 Å². The Labute approximate surface area is 92.6 Å². The Morgan fingerprint density at radius 1 is 1.36 bits per heavy atom. The van der Waals surface area contributed by atoms with Gasteiger partial charge in [0.15, 0.2) is 0 Å². The molecule has 0 saturated carbocycles. The summed E-state index contributed by atoms with van der Waals surface area (Å²) in [5, 5.41) is 0.145. The minimum absolute atomic E-state index is 0.145. The Morgan fingerprint density at radius 2 is 1.93 bits per heavy atom. The topological polar surface area (TPSA) is 20.3 Å². The molecule has 2 atom stereocenters. The first-order valence-electron chi connectivity index (χ1n) is 5.38. The molecule has 0 aromatic heterocycles. The van der Waals surface area contributed by atoms with E-state index in [2.05, 4.69) is 6.92 Å². The summed E-state index contributed by atoms with van der Waals surface area (Å²) >= 11 is 5.83. The Kier molecular flexibility index (Phi) is 6.98. The predicted molar refractivity (Wildman–Crippen MR) is 61.6 cm³/mol. The van der Waals surface area contributed by atoms with Crippen molar-refractivity contribution in [3.05, 3.63) is 0 Å². The van der Waals surface area contributed by atoms with Gasteiger partial charge in [-0.3, -0.25) is 4.79 Å². The number of hydrogen-bond acceptors (Lipinski definition) is 1. The highest BCUT2D eigenvalue weighted by molar-refractivity contribution is 6.20. The summed E-state index contributed by atoms with van der Waals surface area (Å²) in [5.41, 5.74) is 0. The summed E-state index contributed by atoms with van der Waals surface area (Å²) in [6, 6.07) is 0. The van der Waals surface area contributed by atoms with E-state index < -0.39 is 0 Å². The highest BCUT2D eigenvalue weighted by Crippen LogP contribution is 2.10. The van der Waals surface area contributed by atoms with Crippen LogP contribution in [-0.2, 0) is 4.79 Å². The van der Waals surface area contributed by atoms with Crippen LogP contribution in [0.4, 0.5) is 0 Å². The molecule has 0 aromatic rings. The average Bonchev–Trinajstić information content (AvgIpc) is 2.13. The third-order valence-corrected chi connectivity index (χ3v) is 2.60. The van der Waals surface area contributed by atoms with E-state index in [0.29, 0.717) is 0 Å². The lowest BCUT2D eigenvalue weighted by atomic mass is 10.0. The van der Waals surface area contributed by atoms with Crippen LogP contribution in [0.5, 0.6) is 0 Å². The first kappa shape index (κ1) is 13.8. The molecule has 0 fully saturated rings. The number of hydrogen-bond donors (Lipinski definition) is 0. The second-order valence-electron chi connectivity index (χ2n) is 4.02. The first-order valence-corrected chi connectivity index (χ1v) is 5.81. The van der Waals surface area contributed by atoms with E-state index in [4.69, 9.17) is 11.6 Å². The number of carbonyl (C=O) groups is 1. The first-order chi connectivity index (χ1) is 6.49. The second kappa shape index (κ2) is 7.10. The van der Waals surface area contributed by atoms with Crippen molar-refractivity contribution >= 4 is 17.5 Å². The third-order valence-electron chi connectivity index (χ3n) is 2.38. The smallest absolute Gasteiger partial charge is 0.225 e. The highest BCUT2D eigenvalue weighted by Gasteiger charge is 2.16. The number of halogens is 1. The normalized spacial score (nSPS) is 14.9. The highest BCUT2D eigenvalue weighted by atomic mass is 35.5. The summed E-state index contributed by atoms with van der Waals surface area (Å²) in [6.07, 6.45) is 2.90. The van der Waals surface area contributed by atoms with Crippen molar-refractivity contribution in [1.29, 1.82) is 0 Å². The van der Waals surface area contributed by atoms with Gasteiger partial charge in [0.2, 0.25) is 5.91 Å². The molecule has 0 bridgehead atoms. The van der Waals surface area contributed by atoms with Gasteiger partial charge in [0, 0.05) is 24.9 Å². The van der Waals surface area contributed by atoms with Crippen LogP contribution < -0.4 is 0 Å². The number of amides is 1. The van der Waals surface area contributed by atoms with Crippen LogP contribution >= 0.6 is 11.6 Å². The van der Waals surface area contributed by atoms with Gasteiger partial charge >= 0.3 is 0 Å². The van der Waals surface area contributed by atoms with Gasteiger partial charge in [0.25, 0.3) is 0 Å². The van der Waals surface area contributed by atoms with Crippen molar-refractivity contribution in [1.82, 2.24) is 4.90 Å². The van der Waals surface area contributed by atoms with E-state index in [0.717, 1.165) is 25.8 Å². The maximum atomic E-state index is 11.7. The molecule has 0 aromatic carbocycles. The van der Waals surface area contributed by atoms with Gasteiger partial charge in [-0.2, -0.15) is 0 Å². The number of nitrogens with zero attached hydrogens (tertiary/aromatic N) is 1. The van der Waals surface area contributed by atoms with Crippen molar-refractivity contribution in [2.45, 2.75) is 45.4 Å². The average molecular weight is 220 g/mol. The van der Waals surface area contributed by atoms with Crippen LogP contribution in [0.2, 0.25) is 0 Å². The standard InChI is InChI=1S/C11H22ClNO/c1-5-6-9(2)11(14)13(4)8-7-10(3)12/h9-10H,5-8H2,1-4H3. The fraction of sp³-hybridized carbons (Fsp3) is 0.909. The van der Waals surface area contributed by atoms with Crippen LogP contribution in [-0.4, -0.2) is 29.8 Å². The van der Waals surface area contributed by atoms with Crippen molar-refractivity contribution in [3.63, 3.8) is 0 Å². The molecule has 3 heteroatoms. The Balaban J connectivity index is 3.86. The minimum Gasteiger partial charge on any atom is -0.345 e. The molecular formula is C11H22ClNO. The van der Waals surface area contributed by atoms with Gasteiger partial charge in [-0.05, 0) is 19.8 Å². The zero-order chi connectivity index (χ0) is 11.1. The molecule has 0 radical (unpaired) electrons. The lowest BCUT2D eigenvalue weighted by molar-refractivity contribution is -0.133. The quantitative estimate of drug-likeness (QED) is 0.630. The van der Waals surface area contributed by atoms with Gasteiger partial charge in [-0.15, -0.1) is 11.6 Å². The molecule has 2 nitrogen and oxygen atoms in total.